The molecule has 8 heteroatoms. The first kappa shape index (κ1) is 20.4. The minimum Gasteiger partial charge on any atom is -0.493 e. The lowest BCUT2D eigenvalue weighted by Crippen LogP contribution is -2.10. The number of fused-ring (bicyclic) bond motifs is 1. The van der Waals surface area contributed by atoms with Crippen LogP contribution in [-0.4, -0.2) is 40.8 Å². The van der Waals surface area contributed by atoms with Crippen molar-refractivity contribution < 1.29 is 14.3 Å². The number of benzene rings is 2. The molecule has 8 nitrogen and oxygen atoms in total. The summed E-state index contributed by atoms with van der Waals surface area (Å²) in [5.74, 6) is 0.829. The van der Waals surface area contributed by atoms with Gasteiger partial charge in [-0.2, -0.15) is 5.10 Å². The van der Waals surface area contributed by atoms with Gasteiger partial charge in [0, 0.05) is 16.7 Å². The zero-order chi connectivity index (χ0) is 21.8. The van der Waals surface area contributed by atoms with Gasteiger partial charge in [-0.05, 0) is 55.4 Å². The van der Waals surface area contributed by atoms with Crippen LogP contribution < -0.4 is 20.9 Å². The molecule has 2 heterocycles. The molecule has 4 aromatic rings. The van der Waals surface area contributed by atoms with Crippen molar-refractivity contribution in [2.24, 2.45) is 11.5 Å². The van der Waals surface area contributed by atoms with Gasteiger partial charge in [0.15, 0.2) is 17.1 Å². The number of aromatic nitrogens is 3. The Kier molecular flexibility index (Phi) is 5.81. The van der Waals surface area contributed by atoms with Gasteiger partial charge in [0.1, 0.15) is 0 Å². The predicted octanol–water partition coefficient (Wildman–Crippen LogP) is 2.90. The summed E-state index contributed by atoms with van der Waals surface area (Å²) >= 11 is 0. The van der Waals surface area contributed by atoms with E-state index < -0.39 is 5.91 Å². The largest absolute Gasteiger partial charge is 0.493 e. The third-order valence-corrected chi connectivity index (χ3v) is 4.89. The fraction of sp³-hybridized carbons (Fsp3) is 0.174. The summed E-state index contributed by atoms with van der Waals surface area (Å²) in [4.78, 5) is 15.8. The molecule has 2 aromatic heterocycles. The van der Waals surface area contributed by atoms with Gasteiger partial charge in [-0.15, -0.1) is 0 Å². The average Bonchev–Trinajstić information content (AvgIpc) is 3.22. The molecule has 158 valence electrons. The molecule has 0 fully saturated rings. The minimum absolute atomic E-state index is 0.453. The maximum atomic E-state index is 11.3. The highest BCUT2D eigenvalue weighted by molar-refractivity contribution is 5.93. The van der Waals surface area contributed by atoms with Crippen molar-refractivity contribution in [1.29, 1.82) is 0 Å². The lowest BCUT2D eigenvalue weighted by atomic mass is 10.1. The molecule has 0 spiro atoms. The van der Waals surface area contributed by atoms with Gasteiger partial charge in [-0.1, -0.05) is 12.1 Å². The number of imidazole rings is 1. The van der Waals surface area contributed by atoms with E-state index in [9.17, 15) is 4.79 Å². The molecule has 0 saturated heterocycles. The van der Waals surface area contributed by atoms with Crippen LogP contribution in [0.5, 0.6) is 11.5 Å². The van der Waals surface area contributed by atoms with Crippen molar-refractivity contribution in [3.05, 3.63) is 66.4 Å². The SMILES string of the molecule is COc1cc(-c2cnc3ccc(-c4ccc(C(N)=O)cc4)nn23)ccc1OCCCN. The van der Waals surface area contributed by atoms with Gasteiger partial charge in [-0.25, -0.2) is 9.50 Å². The Hall–Kier alpha value is -3.91. The van der Waals surface area contributed by atoms with E-state index in [0.29, 0.717) is 30.2 Å². The number of hydrogen-bond donors (Lipinski definition) is 2. The Bertz CT molecular complexity index is 1220. The van der Waals surface area contributed by atoms with Crippen LogP contribution in [0.25, 0.3) is 28.2 Å². The molecular weight excluding hydrogens is 394 g/mol. The fourth-order valence-electron chi connectivity index (χ4n) is 3.24. The highest BCUT2D eigenvalue weighted by Gasteiger charge is 2.13. The zero-order valence-corrected chi connectivity index (χ0v) is 17.1. The molecule has 0 unspecified atom stereocenters. The van der Waals surface area contributed by atoms with Crippen LogP contribution in [-0.2, 0) is 0 Å². The Morgan fingerprint density at radius 3 is 2.52 bits per heavy atom. The monoisotopic (exact) mass is 417 g/mol. The summed E-state index contributed by atoms with van der Waals surface area (Å²) in [6.45, 7) is 1.10. The number of ether oxygens (including phenoxy) is 2. The molecule has 0 atom stereocenters. The molecule has 0 aliphatic heterocycles. The molecule has 4 rings (SSSR count). The Labute approximate surface area is 179 Å². The smallest absolute Gasteiger partial charge is 0.248 e. The number of carbonyl (C=O) groups excluding carboxylic acids is 1. The highest BCUT2D eigenvalue weighted by Crippen LogP contribution is 2.33. The van der Waals surface area contributed by atoms with Crippen LogP contribution >= 0.6 is 0 Å². The minimum atomic E-state index is -0.462. The number of methoxy groups -OCH3 is 1. The third kappa shape index (κ3) is 4.19. The first-order valence-corrected chi connectivity index (χ1v) is 9.87. The van der Waals surface area contributed by atoms with E-state index in [1.54, 1.807) is 30.0 Å². The van der Waals surface area contributed by atoms with E-state index in [1.807, 2.05) is 42.5 Å². The van der Waals surface area contributed by atoms with Gasteiger partial charge < -0.3 is 20.9 Å². The van der Waals surface area contributed by atoms with E-state index in [-0.39, 0.29) is 0 Å². The van der Waals surface area contributed by atoms with Crippen molar-refractivity contribution in [3.8, 4) is 34.0 Å². The first-order chi connectivity index (χ1) is 15.1. The Morgan fingerprint density at radius 1 is 1.03 bits per heavy atom. The van der Waals surface area contributed by atoms with Crippen molar-refractivity contribution in [2.75, 3.05) is 20.3 Å². The number of carbonyl (C=O) groups is 1. The number of nitrogens with two attached hydrogens (primary N) is 2. The lowest BCUT2D eigenvalue weighted by Gasteiger charge is -2.12. The molecule has 0 aliphatic carbocycles. The van der Waals surface area contributed by atoms with Gasteiger partial charge in [0.2, 0.25) is 5.91 Å². The van der Waals surface area contributed by atoms with Gasteiger partial charge in [0.05, 0.1) is 31.3 Å². The number of amides is 1. The van der Waals surface area contributed by atoms with Crippen LogP contribution in [0.1, 0.15) is 16.8 Å². The third-order valence-electron chi connectivity index (χ3n) is 4.89. The van der Waals surface area contributed by atoms with Crippen LogP contribution in [0.4, 0.5) is 0 Å². The quantitative estimate of drug-likeness (QED) is 0.426. The summed E-state index contributed by atoms with van der Waals surface area (Å²) < 4.78 is 13.0. The molecule has 0 bridgehead atoms. The second-order valence-corrected chi connectivity index (χ2v) is 6.93. The topological polar surface area (TPSA) is 118 Å². The predicted molar refractivity (Wildman–Crippen MR) is 118 cm³/mol. The van der Waals surface area contributed by atoms with Crippen LogP contribution in [0.2, 0.25) is 0 Å². The van der Waals surface area contributed by atoms with Crippen LogP contribution in [0, 0.1) is 0 Å². The molecule has 0 radical (unpaired) electrons. The van der Waals surface area contributed by atoms with Gasteiger partial charge >= 0.3 is 0 Å². The summed E-state index contributed by atoms with van der Waals surface area (Å²) in [6.07, 6.45) is 2.54. The molecular formula is C23H23N5O3. The molecule has 0 saturated carbocycles. The number of primary amides is 1. The summed E-state index contributed by atoms with van der Waals surface area (Å²) in [5, 5.41) is 4.75. The van der Waals surface area contributed by atoms with Crippen molar-refractivity contribution in [3.63, 3.8) is 0 Å². The fourth-order valence-corrected chi connectivity index (χ4v) is 3.24. The molecule has 1 amide bonds. The summed E-state index contributed by atoms with van der Waals surface area (Å²) in [7, 11) is 1.61. The lowest BCUT2D eigenvalue weighted by molar-refractivity contribution is 0.100. The summed E-state index contributed by atoms with van der Waals surface area (Å²) in [5.41, 5.74) is 15.3. The maximum absolute atomic E-state index is 11.3. The molecule has 4 N–H and O–H groups in total. The van der Waals surface area contributed by atoms with Gasteiger partial charge in [0.25, 0.3) is 0 Å². The molecule has 0 aliphatic rings. The van der Waals surface area contributed by atoms with Crippen LogP contribution in [0.3, 0.4) is 0 Å². The van der Waals surface area contributed by atoms with Gasteiger partial charge in [-0.3, -0.25) is 4.79 Å². The second kappa shape index (κ2) is 8.85. The summed E-state index contributed by atoms with van der Waals surface area (Å²) in [6, 6.07) is 16.5. The van der Waals surface area contributed by atoms with E-state index in [1.165, 1.54) is 0 Å². The number of hydrogen-bond acceptors (Lipinski definition) is 6. The second-order valence-electron chi connectivity index (χ2n) is 6.93. The van der Waals surface area contributed by atoms with E-state index in [0.717, 1.165) is 34.6 Å². The highest BCUT2D eigenvalue weighted by atomic mass is 16.5. The number of rotatable bonds is 8. The van der Waals surface area contributed by atoms with Crippen molar-refractivity contribution >= 4 is 11.6 Å². The molecule has 2 aromatic carbocycles. The zero-order valence-electron chi connectivity index (χ0n) is 17.1. The van der Waals surface area contributed by atoms with E-state index >= 15 is 0 Å². The van der Waals surface area contributed by atoms with Crippen molar-refractivity contribution in [2.45, 2.75) is 6.42 Å². The van der Waals surface area contributed by atoms with E-state index in [2.05, 4.69) is 4.98 Å². The number of nitrogens with zero attached hydrogens (tertiary/aromatic N) is 3. The van der Waals surface area contributed by atoms with Crippen molar-refractivity contribution in [1.82, 2.24) is 14.6 Å². The maximum Gasteiger partial charge on any atom is 0.248 e. The standard InChI is InChI=1S/C23H23N5O3/c1-30-21-13-17(7-9-20(21)31-12-2-11-24)19-14-26-22-10-8-18(27-28(19)22)15-3-5-16(6-4-15)23(25)29/h3-10,13-14H,2,11-12,24H2,1H3,(H2,25,29). The Balaban J connectivity index is 1.70. The first-order valence-electron chi connectivity index (χ1n) is 9.87. The van der Waals surface area contributed by atoms with Crippen LogP contribution in [0.15, 0.2) is 60.8 Å². The molecule has 31 heavy (non-hydrogen) atoms. The van der Waals surface area contributed by atoms with E-state index in [4.69, 9.17) is 26.0 Å². The Morgan fingerprint density at radius 2 is 1.81 bits per heavy atom. The average molecular weight is 417 g/mol. The normalized spacial score (nSPS) is 10.9.